The van der Waals surface area contributed by atoms with E-state index in [1.807, 2.05) is 0 Å². The molecule has 86 valence electrons. The standard InChI is InChI=1S/C12H14O4/c1-7-9(13)3-2-8(11(7)16)12(4-5-12)6-10(14)15/h2-3,13,16H,4-6H2,1H3,(H,14,15). The molecule has 1 aromatic carbocycles. The molecule has 0 bridgehead atoms. The van der Waals surface area contributed by atoms with Gasteiger partial charge in [0, 0.05) is 16.5 Å². The molecule has 0 aromatic heterocycles. The monoisotopic (exact) mass is 222 g/mol. The lowest BCUT2D eigenvalue weighted by molar-refractivity contribution is -0.137. The highest BCUT2D eigenvalue weighted by Crippen LogP contribution is 2.54. The number of phenols is 2. The van der Waals surface area contributed by atoms with Crippen molar-refractivity contribution >= 4 is 5.97 Å². The maximum Gasteiger partial charge on any atom is 0.304 e. The van der Waals surface area contributed by atoms with Crippen molar-refractivity contribution in [1.82, 2.24) is 0 Å². The first-order valence-corrected chi connectivity index (χ1v) is 5.20. The lowest BCUT2D eigenvalue weighted by atomic mass is 9.90. The summed E-state index contributed by atoms with van der Waals surface area (Å²) < 4.78 is 0. The van der Waals surface area contributed by atoms with E-state index in [0.29, 0.717) is 11.1 Å². The number of hydrogen-bond donors (Lipinski definition) is 3. The molecule has 1 aromatic rings. The van der Waals surface area contributed by atoms with Gasteiger partial charge >= 0.3 is 5.97 Å². The van der Waals surface area contributed by atoms with Crippen LogP contribution < -0.4 is 0 Å². The number of benzene rings is 1. The zero-order valence-corrected chi connectivity index (χ0v) is 9.03. The first-order chi connectivity index (χ1) is 7.46. The highest BCUT2D eigenvalue weighted by atomic mass is 16.4. The van der Waals surface area contributed by atoms with Crippen LogP contribution in [0.3, 0.4) is 0 Å². The van der Waals surface area contributed by atoms with E-state index in [-0.39, 0.29) is 17.9 Å². The molecular weight excluding hydrogens is 208 g/mol. The van der Waals surface area contributed by atoms with Crippen molar-refractivity contribution in [3.05, 3.63) is 23.3 Å². The molecule has 0 spiro atoms. The van der Waals surface area contributed by atoms with Gasteiger partial charge in [-0.25, -0.2) is 0 Å². The van der Waals surface area contributed by atoms with Gasteiger partial charge in [0.05, 0.1) is 6.42 Å². The molecule has 4 heteroatoms. The summed E-state index contributed by atoms with van der Waals surface area (Å²) in [6.45, 7) is 1.62. The van der Waals surface area contributed by atoms with E-state index in [2.05, 4.69) is 0 Å². The summed E-state index contributed by atoms with van der Waals surface area (Å²) in [4.78, 5) is 10.8. The van der Waals surface area contributed by atoms with Crippen LogP contribution in [0.5, 0.6) is 11.5 Å². The van der Waals surface area contributed by atoms with Gasteiger partial charge in [-0.3, -0.25) is 4.79 Å². The molecule has 0 unspecified atom stereocenters. The van der Waals surface area contributed by atoms with Crippen LogP contribution in [0, 0.1) is 6.92 Å². The molecule has 1 fully saturated rings. The number of aromatic hydroxyl groups is 2. The van der Waals surface area contributed by atoms with Crippen molar-refractivity contribution < 1.29 is 20.1 Å². The third-order valence-electron chi connectivity index (χ3n) is 3.32. The van der Waals surface area contributed by atoms with Crippen molar-refractivity contribution in [2.75, 3.05) is 0 Å². The highest BCUT2D eigenvalue weighted by molar-refractivity contribution is 5.71. The smallest absolute Gasteiger partial charge is 0.304 e. The molecule has 0 radical (unpaired) electrons. The van der Waals surface area contributed by atoms with Crippen LogP contribution in [0.4, 0.5) is 0 Å². The minimum atomic E-state index is -0.859. The lowest BCUT2D eigenvalue weighted by Crippen LogP contribution is -2.13. The van der Waals surface area contributed by atoms with E-state index in [1.54, 1.807) is 13.0 Å². The summed E-state index contributed by atoms with van der Waals surface area (Å²) >= 11 is 0. The maximum absolute atomic E-state index is 10.8. The topological polar surface area (TPSA) is 77.8 Å². The minimum Gasteiger partial charge on any atom is -0.508 e. The third-order valence-corrected chi connectivity index (χ3v) is 3.32. The Kier molecular flexibility index (Phi) is 2.30. The van der Waals surface area contributed by atoms with Gasteiger partial charge in [-0.05, 0) is 25.8 Å². The summed E-state index contributed by atoms with van der Waals surface area (Å²) in [6, 6.07) is 3.12. The SMILES string of the molecule is Cc1c(O)ccc(C2(CC(=O)O)CC2)c1O. The van der Waals surface area contributed by atoms with Crippen molar-refractivity contribution in [1.29, 1.82) is 0 Å². The molecule has 0 saturated heterocycles. The molecule has 4 nitrogen and oxygen atoms in total. The molecule has 1 aliphatic carbocycles. The van der Waals surface area contributed by atoms with E-state index in [0.717, 1.165) is 12.8 Å². The Balaban J connectivity index is 2.42. The first kappa shape index (κ1) is 10.8. The van der Waals surface area contributed by atoms with Crippen LogP contribution in [0.2, 0.25) is 0 Å². The molecule has 1 aliphatic rings. The van der Waals surface area contributed by atoms with Gasteiger partial charge in [0.25, 0.3) is 0 Å². The van der Waals surface area contributed by atoms with Crippen LogP contribution in [-0.4, -0.2) is 21.3 Å². The van der Waals surface area contributed by atoms with E-state index in [1.165, 1.54) is 6.07 Å². The number of aliphatic carboxylic acids is 1. The zero-order valence-electron chi connectivity index (χ0n) is 9.03. The van der Waals surface area contributed by atoms with E-state index < -0.39 is 11.4 Å². The molecule has 2 rings (SSSR count). The Labute approximate surface area is 93.2 Å². The zero-order chi connectivity index (χ0) is 11.9. The van der Waals surface area contributed by atoms with Gasteiger partial charge in [-0.15, -0.1) is 0 Å². The van der Waals surface area contributed by atoms with Crippen molar-refractivity contribution in [2.45, 2.75) is 31.6 Å². The number of phenolic OH excluding ortho intramolecular Hbond substituents is 2. The van der Waals surface area contributed by atoms with Gasteiger partial charge in [0.1, 0.15) is 11.5 Å². The van der Waals surface area contributed by atoms with E-state index in [4.69, 9.17) is 5.11 Å². The van der Waals surface area contributed by atoms with Gasteiger partial charge < -0.3 is 15.3 Å². The maximum atomic E-state index is 10.8. The number of carboxylic acids is 1. The Morgan fingerprint density at radius 3 is 2.50 bits per heavy atom. The predicted molar refractivity (Wildman–Crippen MR) is 57.7 cm³/mol. The van der Waals surface area contributed by atoms with Crippen LogP contribution in [0.1, 0.15) is 30.4 Å². The summed E-state index contributed by atoms with van der Waals surface area (Å²) in [6.07, 6.45) is 1.58. The highest BCUT2D eigenvalue weighted by Gasteiger charge is 2.47. The second-order valence-corrected chi connectivity index (χ2v) is 4.46. The molecule has 0 heterocycles. The summed E-state index contributed by atoms with van der Waals surface area (Å²) in [7, 11) is 0. The Morgan fingerprint density at radius 2 is 2.00 bits per heavy atom. The molecule has 16 heavy (non-hydrogen) atoms. The summed E-state index contributed by atoms with van der Waals surface area (Å²) in [5, 5.41) is 28.2. The van der Waals surface area contributed by atoms with Crippen molar-refractivity contribution in [3.8, 4) is 11.5 Å². The van der Waals surface area contributed by atoms with Gasteiger partial charge in [0.2, 0.25) is 0 Å². The average Bonchev–Trinajstić information content (AvgIpc) is 2.94. The van der Waals surface area contributed by atoms with Crippen LogP contribution >= 0.6 is 0 Å². The Bertz CT molecular complexity index is 447. The van der Waals surface area contributed by atoms with E-state index in [9.17, 15) is 15.0 Å². The normalized spacial score (nSPS) is 17.1. The molecular formula is C12H14O4. The molecule has 3 N–H and O–H groups in total. The largest absolute Gasteiger partial charge is 0.508 e. The fourth-order valence-electron chi connectivity index (χ4n) is 2.10. The average molecular weight is 222 g/mol. The number of carboxylic acid groups (broad SMARTS) is 1. The Morgan fingerprint density at radius 1 is 1.38 bits per heavy atom. The molecule has 0 atom stereocenters. The second kappa shape index (κ2) is 3.40. The Hall–Kier alpha value is -1.71. The molecule has 0 amide bonds. The first-order valence-electron chi connectivity index (χ1n) is 5.20. The van der Waals surface area contributed by atoms with E-state index >= 15 is 0 Å². The van der Waals surface area contributed by atoms with Crippen molar-refractivity contribution in [3.63, 3.8) is 0 Å². The lowest BCUT2D eigenvalue weighted by Gasteiger charge is -2.16. The van der Waals surface area contributed by atoms with Crippen molar-refractivity contribution in [2.24, 2.45) is 0 Å². The second-order valence-electron chi connectivity index (χ2n) is 4.46. The summed E-state index contributed by atoms with van der Waals surface area (Å²) in [5.74, 6) is -0.797. The van der Waals surface area contributed by atoms with Gasteiger partial charge in [-0.2, -0.15) is 0 Å². The van der Waals surface area contributed by atoms with Crippen LogP contribution in [0.25, 0.3) is 0 Å². The number of carbonyl (C=O) groups is 1. The molecule has 1 saturated carbocycles. The summed E-state index contributed by atoms with van der Waals surface area (Å²) in [5.41, 5.74) is 0.633. The fraction of sp³-hybridized carbons (Fsp3) is 0.417. The predicted octanol–water partition coefficient (Wildman–Crippen LogP) is 1.91. The van der Waals surface area contributed by atoms with Gasteiger partial charge in [-0.1, -0.05) is 6.07 Å². The quantitative estimate of drug-likeness (QED) is 0.730. The minimum absolute atomic E-state index is 0.0266. The van der Waals surface area contributed by atoms with Gasteiger partial charge in [0.15, 0.2) is 0 Å². The van der Waals surface area contributed by atoms with Crippen LogP contribution in [0.15, 0.2) is 12.1 Å². The van der Waals surface area contributed by atoms with Crippen LogP contribution in [-0.2, 0) is 10.2 Å². The third kappa shape index (κ3) is 1.60. The number of hydrogen-bond acceptors (Lipinski definition) is 3. The fourth-order valence-corrected chi connectivity index (χ4v) is 2.10. The number of rotatable bonds is 3. The molecule has 0 aliphatic heterocycles.